The Morgan fingerprint density at radius 2 is 1.69 bits per heavy atom. The van der Waals surface area contributed by atoms with E-state index in [9.17, 15) is 9.90 Å². The number of hydrogen-bond acceptors (Lipinski definition) is 6. The lowest BCUT2D eigenvalue weighted by Crippen LogP contribution is -2.35. The second-order valence-electron chi connectivity index (χ2n) is 10.1. The minimum absolute atomic E-state index is 0.0570. The molecule has 8 heteroatoms. The van der Waals surface area contributed by atoms with Crippen LogP contribution in [-0.4, -0.2) is 65.3 Å². The fourth-order valence-corrected chi connectivity index (χ4v) is 7.16. The van der Waals surface area contributed by atoms with Crippen LogP contribution in [0.4, 0.5) is 0 Å². The van der Waals surface area contributed by atoms with Crippen LogP contribution in [0.3, 0.4) is 0 Å². The van der Waals surface area contributed by atoms with Gasteiger partial charge in [-0.05, 0) is 61.8 Å². The van der Waals surface area contributed by atoms with Gasteiger partial charge in [0.15, 0.2) is 11.5 Å². The standard InChI is InChI=1S/C28H41NO6Si/c1-7-8-17-36(5,6)35-23-11-9-22(10-12-23)28(14-16-30)13-15-29(20-28)27(31)21-18-24(32-2)26(34-4)25(19-21)33-3/h9-12,18-19,30H,7-8,13-17,20H2,1-6H3. The van der Waals surface area contributed by atoms with Crippen LogP contribution < -0.4 is 18.6 Å². The number of carbonyl (C=O) groups is 1. The molecule has 1 aliphatic rings. The lowest BCUT2D eigenvalue weighted by atomic mass is 9.77. The summed E-state index contributed by atoms with van der Waals surface area (Å²) in [6.45, 7) is 7.91. The Kier molecular flexibility index (Phi) is 9.30. The van der Waals surface area contributed by atoms with E-state index in [1.54, 1.807) is 12.1 Å². The molecule has 7 nitrogen and oxygen atoms in total. The molecule has 0 aliphatic carbocycles. The van der Waals surface area contributed by atoms with Crippen molar-refractivity contribution in [1.29, 1.82) is 0 Å². The van der Waals surface area contributed by atoms with Crippen molar-refractivity contribution >= 4 is 14.2 Å². The van der Waals surface area contributed by atoms with E-state index in [1.165, 1.54) is 34.2 Å². The minimum atomic E-state index is -1.76. The van der Waals surface area contributed by atoms with Gasteiger partial charge in [0.2, 0.25) is 14.1 Å². The maximum absolute atomic E-state index is 13.5. The zero-order valence-electron chi connectivity index (χ0n) is 22.6. The molecule has 1 fully saturated rings. The summed E-state index contributed by atoms with van der Waals surface area (Å²) < 4.78 is 22.6. The van der Waals surface area contributed by atoms with Gasteiger partial charge in [-0.25, -0.2) is 0 Å². The SMILES string of the molecule is CCCC[Si](C)(C)Oc1ccc(C2(CCO)CCN(C(=O)c3cc(OC)c(OC)c(OC)c3)C2)cc1. The van der Waals surface area contributed by atoms with Crippen molar-refractivity contribution in [1.82, 2.24) is 4.90 Å². The monoisotopic (exact) mass is 515 g/mol. The van der Waals surface area contributed by atoms with Crippen molar-refractivity contribution in [3.8, 4) is 23.0 Å². The lowest BCUT2D eigenvalue weighted by molar-refractivity contribution is 0.0778. The second kappa shape index (κ2) is 12.0. The number of unbranched alkanes of at least 4 members (excludes halogenated alkanes) is 1. The summed E-state index contributed by atoms with van der Waals surface area (Å²) in [5.74, 6) is 2.14. The molecule has 1 saturated heterocycles. The molecular weight excluding hydrogens is 474 g/mol. The van der Waals surface area contributed by atoms with Crippen molar-refractivity contribution in [2.24, 2.45) is 0 Å². The highest BCUT2D eigenvalue weighted by Gasteiger charge is 2.41. The van der Waals surface area contributed by atoms with Crippen LogP contribution in [0.2, 0.25) is 19.1 Å². The Morgan fingerprint density at radius 1 is 1.06 bits per heavy atom. The molecule has 1 atom stereocenters. The van der Waals surface area contributed by atoms with E-state index in [4.69, 9.17) is 18.6 Å². The highest BCUT2D eigenvalue weighted by atomic mass is 28.4. The van der Waals surface area contributed by atoms with E-state index in [0.29, 0.717) is 42.3 Å². The van der Waals surface area contributed by atoms with E-state index in [-0.39, 0.29) is 17.9 Å². The predicted molar refractivity (Wildman–Crippen MR) is 144 cm³/mol. The van der Waals surface area contributed by atoms with Gasteiger partial charge in [-0.1, -0.05) is 31.9 Å². The van der Waals surface area contributed by atoms with Gasteiger partial charge >= 0.3 is 0 Å². The number of aliphatic hydroxyl groups excluding tert-OH is 1. The Morgan fingerprint density at radius 3 is 2.22 bits per heavy atom. The molecule has 0 saturated carbocycles. The molecule has 198 valence electrons. The number of rotatable bonds is 12. The van der Waals surface area contributed by atoms with Crippen LogP contribution in [0.25, 0.3) is 0 Å². The molecule has 1 N–H and O–H groups in total. The number of likely N-dealkylation sites (tertiary alicyclic amines) is 1. The summed E-state index contributed by atoms with van der Waals surface area (Å²) in [4.78, 5) is 15.3. The van der Waals surface area contributed by atoms with Gasteiger partial charge in [0, 0.05) is 30.7 Å². The number of carbonyl (C=O) groups excluding carboxylic acids is 1. The first-order valence-electron chi connectivity index (χ1n) is 12.7. The Balaban J connectivity index is 1.81. The van der Waals surface area contributed by atoms with Crippen LogP contribution in [0.1, 0.15) is 48.5 Å². The first-order chi connectivity index (χ1) is 17.2. The van der Waals surface area contributed by atoms with Crippen LogP contribution in [0.5, 0.6) is 23.0 Å². The number of hydrogen-bond donors (Lipinski definition) is 1. The average molecular weight is 516 g/mol. The number of benzene rings is 2. The number of methoxy groups -OCH3 is 3. The zero-order valence-corrected chi connectivity index (χ0v) is 23.6. The maximum Gasteiger partial charge on any atom is 0.254 e. The Hall–Kier alpha value is -2.71. The Bertz CT molecular complexity index is 1000. The molecule has 0 aromatic heterocycles. The number of amides is 1. The molecule has 2 aromatic carbocycles. The lowest BCUT2D eigenvalue weighted by Gasteiger charge is -2.30. The summed E-state index contributed by atoms with van der Waals surface area (Å²) in [7, 11) is 2.85. The maximum atomic E-state index is 13.5. The second-order valence-corrected chi connectivity index (χ2v) is 14.4. The summed E-state index contributed by atoms with van der Waals surface area (Å²) >= 11 is 0. The van der Waals surface area contributed by atoms with Crippen molar-refractivity contribution in [3.05, 3.63) is 47.5 Å². The van der Waals surface area contributed by atoms with Crippen molar-refractivity contribution in [2.75, 3.05) is 41.0 Å². The number of ether oxygens (including phenoxy) is 3. The van der Waals surface area contributed by atoms with Crippen LogP contribution in [0, 0.1) is 0 Å². The molecule has 0 bridgehead atoms. The largest absolute Gasteiger partial charge is 0.544 e. The highest BCUT2D eigenvalue weighted by molar-refractivity contribution is 6.71. The summed E-state index contributed by atoms with van der Waals surface area (Å²) in [6.07, 6.45) is 3.73. The zero-order chi connectivity index (χ0) is 26.3. The average Bonchev–Trinajstić information content (AvgIpc) is 3.31. The van der Waals surface area contributed by atoms with E-state index >= 15 is 0 Å². The molecule has 2 aromatic rings. The first kappa shape index (κ1) is 27.9. The fourth-order valence-electron chi connectivity index (χ4n) is 5.08. The normalized spacial score (nSPS) is 17.7. The third kappa shape index (κ3) is 6.15. The van der Waals surface area contributed by atoms with Crippen LogP contribution in [0.15, 0.2) is 36.4 Å². The molecule has 1 amide bonds. The smallest absolute Gasteiger partial charge is 0.254 e. The summed E-state index contributed by atoms with van der Waals surface area (Å²) in [5, 5.41) is 9.91. The Labute approximate surface area is 216 Å². The third-order valence-electron chi connectivity index (χ3n) is 7.14. The van der Waals surface area contributed by atoms with Gasteiger partial charge < -0.3 is 28.6 Å². The van der Waals surface area contributed by atoms with Gasteiger partial charge in [-0.3, -0.25) is 4.79 Å². The van der Waals surface area contributed by atoms with E-state index in [0.717, 1.165) is 23.8 Å². The molecule has 0 radical (unpaired) electrons. The number of aliphatic hydroxyl groups is 1. The van der Waals surface area contributed by atoms with Gasteiger partial charge in [-0.2, -0.15) is 0 Å². The molecule has 0 spiro atoms. The summed E-state index contributed by atoms with van der Waals surface area (Å²) in [5.41, 5.74) is 1.29. The minimum Gasteiger partial charge on any atom is -0.544 e. The van der Waals surface area contributed by atoms with Crippen molar-refractivity contribution in [2.45, 2.75) is 57.2 Å². The van der Waals surface area contributed by atoms with E-state index < -0.39 is 8.32 Å². The first-order valence-corrected chi connectivity index (χ1v) is 15.8. The molecule has 1 unspecified atom stereocenters. The van der Waals surface area contributed by atoms with Gasteiger partial charge in [0.1, 0.15) is 5.75 Å². The number of nitrogens with zero attached hydrogens (tertiary/aromatic N) is 1. The van der Waals surface area contributed by atoms with Crippen LogP contribution in [-0.2, 0) is 5.41 Å². The highest BCUT2D eigenvalue weighted by Crippen LogP contribution is 2.41. The third-order valence-corrected chi connectivity index (χ3v) is 9.48. The van der Waals surface area contributed by atoms with Crippen molar-refractivity contribution < 1.29 is 28.5 Å². The fraction of sp³-hybridized carbons (Fsp3) is 0.536. The quantitative estimate of drug-likeness (QED) is 0.389. The van der Waals surface area contributed by atoms with Gasteiger partial charge in [0.25, 0.3) is 5.91 Å². The molecular formula is C28H41NO6Si. The molecule has 36 heavy (non-hydrogen) atoms. The molecule has 1 heterocycles. The molecule has 3 rings (SSSR count). The topological polar surface area (TPSA) is 77.5 Å². The molecule has 1 aliphatic heterocycles. The van der Waals surface area contributed by atoms with Crippen LogP contribution >= 0.6 is 0 Å². The van der Waals surface area contributed by atoms with E-state index in [1.807, 2.05) is 17.0 Å². The predicted octanol–water partition coefficient (Wildman–Crippen LogP) is 5.26. The van der Waals surface area contributed by atoms with Gasteiger partial charge in [-0.15, -0.1) is 0 Å². The van der Waals surface area contributed by atoms with Crippen molar-refractivity contribution in [3.63, 3.8) is 0 Å². The summed E-state index contributed by atoms with van der Waals surface area (Å²) in [6, 6.07) is 12.8. The van der Waals surface area contributed by atoms with Gasteiger partial charge in [0.05, 0.1) is 21.3 Å². The van der Waals surface area contributed by atoms with E-state index in [2.05, 4.69) is 32.2 Å².